The predicted octanol–water partition coefficient (Wildman–Crippen LogP) is 3.11. The molecule has 1 N–H and O–H groups in total. The van der Waals surface area contributed by atoms with Gasteiger partial charge in [-0.1, -0.05) is 11.6 Å². The van der Waals surface area contributed by atoms with Crippen LogP contribution in [0, 0.1) is 11.8 Å². The molecule has 1 saturated carbocycles. The maximum absolute atomic E-state index is 12.4. The summed E-state index contributed by atoms with van der Waals surface area (Å²) in [6, 6.07) is 7.25. The summed E-state index contributed by atoms with van der Waals surface area (Å²) in [4.78, 5) is 26.6. The molecule has 1 unspecified atom stereocenters. The summed E-state index contributed by atoms with van der Waals surface area (Å²) in [5.74, 6) is 0.880. The molecule has 5 heteroatoms. The third-order valence-corrected chi connectivity index (χ3v) is 5.20. The van der Waals surface area contributed by atoms with E-state index in [-0.39, 0.29) is 23.8 Å². The van der Waals surface area contributed by atoms with Crippen molar-refractivity contribution in [1.82, 2.24) is 10.2 Å². The normalized spacial score (nSPS) is 20.2. The molecule has 1 saturated heterocycles. The highest BCUT2D eigenvalue weighted by Gasteiger charge is 2.32. The van der Waals surface area contributed by atoms with Gasteiger partial charge in [0.2, 0.25) is 5.91 Å². The van der Waals surface area contributed by atoms with Crippen molar-refractivity contribution in [2.24, 2.45) is 11.8 Å². The van der Waals surface area contributed by atoms with Crippen molar-refractivity contribution in [2.45, 2.75) is 38.6 Å². The van der Waals surface area contributed by atoms with Gasteiger partial charge in [0.15, 0.2) is 0 Å². The molecule has 0 aromatic heterocycles. The molecule has 1 atom stereocenters. The van der Waals surface area contributed by atoms with E-state index in [1.165, 1.54) is 12.8 Å². The van der Waals surface area contributed by atoms with Crippen LogP contribution in [0.4, 0.5) is 0 Å². The van der Waals surface area contributed by atoms with E-state index >= 15 is 0 Å². The van der Waals surface area contributed by atoms with E-state index in [4.69, 9.17) is 11.6 Å². The standard InChI is InChI=1S/C18H23ClN2O2/c1-12(13-2-3-13)20-17(22)14-8-10-21(11-9-14)18(23)15-4-6-16(19)7-5-15/h4-7,12-14H,2-3,8-11H2,1H3,(H,20,22). The minimum absolute atomic E-state index is 0.0203. The van der Waals surface area contributed by atoms with Crippen molar-refractivity contribution in [3.05, 3.63) is 34.9 Å². The Hall–Kier alpha value is -1.55. The summed E-state index contributed by atoms with van der Waals surface area (Å²) in [5, 5.41) is 3.76. The number of halogens is 1. The second kappa shape index (κ2) is 6.91. The lowest BCUT2D eigenvalue weighted by molar-refractivity contribution is -0.127. The Morgan fingerprint density at radius 3 is 2.30 bits per heavy atom. The van der Waals surface area contributed by atoms with Gasteiger partial charge in [-0.3, -0.25) is 9.59 Å². The molecule has 0 radical (unpaired) electrons. The number of hydrogen-bond acceptors (Lipinski definition) is 2. The quantitative estimate of drug-likeness (QED) is 0.919. The second-order valence-corrected chi connectivity index (χ2v) is 7.14. The Morgan fingerprint density at radius 2 is 1.74 bits per heavy atom. The van der Waals surface area contributed by atoms with Crippen LogP contribution in [0.2, 0.25) is 5.02 Å². The minimum atomic E-state index is 0.0203. The maximum atomic E-state index is 12.4. The van der Waals surface area contributed by atoms with E-state index < -0.39 is 0 Å². The van der Waals surface area contributed by atoms with Crippen molar-refractivity contribution >= 4 is 23.4 Å². The van der Waals surface area contributed by atoms with Gasteiger partial charge in [-0.25, -0.2) is 0 Å². The smallest absolute Gasteiger partial charge is 0.253 e. The molecule has 1 aliphatic carbocycles. The Bertz CT molecular complexity index is 575. The Kier molecular flexibility index (Phi) is 4.90. The lowest BCUT2D eigenvalue weighted by atomic mass is 9.95. The average Bonchev–Trinajstić information content (AvgIpc) is 3.40. The average molecular weight is 335 g/mol. The molecule has 1 aromatic rings. The number of nitrogens with zero attached hydrogens (tertiary/aromatic N) is 1. The van der Waals surface area contributed by atoms with Gasteiger partial charge in [0.05, 0.1) is 0 Å². The molecule has 2 aliphatic rings. The highest BCUT2D eigenvalue weighted by Crippen LogP contribution is 2.32. The van der Waals surface area contributed by atoms with Gasteiger partial charge in [-0.2, -0.15) is 0 Å². The third kappa shape index (κ3) is 4.05. The molecule has 2 amide bonds. The van der Waals surface area contributed by atoms with Crippen LogP contribution < -0.4 is 5.32 Å². The largest absolute Gasteiger partial charge is 0.353 e. The first-order valence-electron chi connectivity index (χ1n) is 8.40. The second-order valence-electron chi connectivity index (χ2n) is 6.71. The molecule has 1 heterocycles. The molecule has 23 heavy (non-hydrogen) atoms. The molecule has 4 nitrogen and oxygen atoms in total. The number of likely N-dealkylation sites (tertiary alicyclic amines) is 1. The summed E-state index contributed by atoms with van der Waals surface area (Å²) in [7, 11) is 0. The summed E-state index contributed by atoms with van der Waals surface area (Å²) >= 11 is 5.85. The Labute approximate surface area is 142 Å². The summed E-state index contributed by atoms with van der Waals surface area (Å²) < 4.78 is 0. The Morgan fingerprint density at radius 1 is 1.13 bits per heavy atom. The number of carbonyl (C=O) groups is 2. The lowest BCUT2D eigenvalue weighted by Gasteiger charge is -2.32. The summed E-state index contributed by atoms with van der Waals surface area (Å²) in [5.41, 5.74) is 0.652. The molecule has 1 aliphatic heterocycles. The van der Waals surface area contributed by atoms with Crippen molar-refractivity contribution in [3.8, 4) is 0 Å². The zero-order valence-corrected chi connectivity index (χ0v) is 14.2. The SMILES string of the molecule is CC(NC(=O)C1CCN(C(=O)c2ccc(Cl)cc2)CC1)C1CC1. The number of amides is 2. The number of carbonyl (C=O) groups excluding carboxylic acids is 2. The van der Waals surface area contributed by atoms with Gasteiger partial charge in [0, 0.05) is 35.6 Å². The van der Waals surface area contributed by atoms with Crippen LogP contribution >= 0.6 is 11.6 Å². The highest BCUT2D eigenvalue weighted by atomic mass is 35.5. The number of nitrogens with one attached hydrogen (secondary N) is 1. The van der Waals surface area contributed by atoms with Gasteiger partial charge < -0.3 is 10.2 Å². The van der Waals surface area contributed by atoms with Crippen LogP contribution in [-0.4, -0.2) is 35.8 Å². The predicted molar refractivity (Wildman–Crippen MR) is 90.4 cm³/mol. The van der Waals surface area contributed by atoms with E-state index in [1.54, 1.807) is 24.3 Å². The fourth-order valence-corrected chi connectivity index (χ4v) is 3.30. The first kappa shape index (κ1) is 16.3. The van der Waals surface area contributed by atoms with Crippen molar-refractivity contribution < 1.29 is 9.59 Å². The first-order valence-corrected chi connectivity index (χ1v) is 8.77. The van der Waals surface area contributed by atoms with E-state index in [0.717, 1.165) is 12.8 Å². The van der Waals surface area contributed by atoms with Gasteiger partial charge >= 0.3 is 0 Å². The van der Waals surface area contributed by atoms with Crippen LogP contribution in [-0.2, 0) is 4.79 Å². The maximum Gasteiger partial charge on any atom is 0.253 e. The van der Waals surface area contributed by atoms with Gasteiger partial charge in [0.1, 0.15) is 0 Å². The molecule has 1 aromatic carbocycles. The van der Waals surface area contributed by atoms with E-state index in [0.29, 0.717) is 29.6 Å². The molecule has 124 valence electrons. The third-order valence-electron chi connectivity index (χ3n) is 4.94. The molecule has 2 fully saturated rings. The monoisotopic (exact) mass is 334 g/mol. The van der Waals surface area contributed by atoms with Crippen LogP contribution in [0.1, 0.15) is 43.0 Å². The fourth-order valence-electron chi connectivity index (χ4n) is 3.18. The molecule has 0 bridgehead atoms. The van der Waals surface area contributed by atoms with Crippen molar-refractivity contribution in [3.63, 3.8) is 0 Å². The summed E-state index contributed by atoms with van der Waals surface area (Å²) in [6.07, 6.45) is 3.94. The number of benzene rings is 1. The van der Waals surface area contributed by atoms with Crippen LogP contribution in [0.15, 0.2) is 24.3 Å². The topological polar surface area (TPSA) is 49.4 Å². The first-order chi connectivity index (χ1) is 11.0. The fraction of sp³-hybridized carbons (Fsp3) is 0.556. The van der Waals surface area contributed by atoms with E-state index in [9.17, 15) is 9.59 Å². The minimum Gasteiger partial charge on any atom is -0.353 e. The molecular weight excluding hydrogens is 312 g/mol. The van der Waals surface area contributed by atoms with Crippen molar-refractivity contribution in [2.75, 3.05) is 13.1 Å². The van der Waals surface area contributed by atoms with E-state index in [1.807, 2.05) is 4.90 Å². The van der Waals surface area contributed by atoms with E-state index in [2.05, 4.69) is 12.2 Å². The van der Waals surface area contributed by atoms with Crippen LogP contribution in [0.3, 0.4) is 0 Å². The van der Waals surface area contributed by atoms with Crippen LogP contribution in [0.5, 0.6) is 0 Å². The number of piperidine rings is 1. The number of hydrogen-bond donors (Lipinski definition) is 1. The van der Waals surface area contributed by atoms with Crippen molar-refractivity contribution in [1.29, 1.82) is 0 Å². The molecule has 3 rings (SSSR count). The molecular formula is C18H23ClN2O2. The van der Waals surface area contributed by atoms with Gasteiger partial charge in [-0.15, -0.1) is 0 Å². The van der Waals surface area contributed by atoms with Gasteiger partial charge in [-0.05, 0) is 62.8 Å². The highest BCUT2D eigenvalue weighted by molar-refractivity contribution is 6.30. The van der Waals surface area contributed by atoms with Gasteiger partial charge in [0.25, 0.3) is 5.91 Å². The summed E-state index contributed by atoms with van der Waals surface area (Å²) in [6.45, 7) is 3.36. The lowest BCUT2D eigenvalue weighted by Crippen LogP contribution is -2.45. The number of rotatable bonds is 4. The Balaban J connectivity index is 1.50. The zero-order chi connectivity index (χ0) is 16.4. The zero-order valence-electron chi connectivity index (χ0n) is 13.4. The molecule has 0 spiro atoms. The van der Waals surface area contributed by atoms with Crippen LogP contribution in [0.25, 0.3) is 0 Å².